The first-order valence-corrected chi connectivity index (χ1v) is 6.29. The fourth-order valence-electron chi connectivity index (χ4n) is 1.27. The van der Waals surface area contributed by atoms with Gasteiger partial charge >= 0.3 is 5.97 Å². The van der Waals surface area contributed by atoms with Crippen LogP contribution in [0.15, 0.2) is 29.2 Å². The molecule has 0 aliphatic rings. The third kappa shape index (κ3) is 4.12. The summed E-state index contributed by atoms with van der Waals surface area (Å²) in [7, 11) is -3.88. The Morgan fingerprint density at radius 3 is 2.71 bits per heavy atom. The maximum Gasteiger partial charge on any atom is 0.304 e. The second kappa shape index (κ2) is 5.24. The molecule has 0 aromatic heterocycles. The molecule has 7 heteroatoms. The molecule has 1 aromatic carbocycles. The van der Waals surface area contributed by atoms with Gasteiger partial charge in [0, 0.05) is 6.04 Å². The van der Waals surface area contributed by atoms with Crippen molar-refractivity contribution >= 4 is 16.0 Å². The number of carboxylic acids is 1. The van der Waals surface area contributed by atoms with Gasteiger partial charge in [-0.25, -0.2) is 17.5 Å². The van der Waals surface area contributed by atoms with Crippen LogP contribution in [-0.4, -0.2) is 25.5 Å². The molecule has 0 radical (unpaired) electrons. The maximum atomic E-state index is 12.9. The number of rotatable bonds is 5. The first-order valence-electron chi connectivity index (χ1n) is 4.81. The van der Waals surface area contributed by atoms with Gasteiger partial charge in [-0.1, -0.05) is 6.07 Å². The molecule has 0 saturated heterocycles. The molecule has 0 heterocycles. The molecule has 1 rings (SSSR count). The van der Waals surface area contributed by atoms with E-state index >= 15 is 0 Å². The van der Waals surface area contributed by atoms with Gasteiger partial charge in [0.15, 0.2) is 0 Å². The summed E-state index contributed by atoms with van der Waals surface area (Å²) in [6.07, 6.45) is -0.339. The lowest BCUT2D eigenvalue weighted by molar-refractivity contribution is -0.137. The van der Waals surface area contributed by atoms with Crippen LogP contribution < -0.4 is 4.72 Å². The Balaban J connectivity index is 2.86. The third-order valence-corrected chi connectivity index (χ3v) is 3.53. The quantitative estimate of drug-likeness (QED) is 0.827. The normalized spacial score (nSPS) is 13.3. The summed E-state index contributed by atoms with van der Waals surface area (Å²) in [5.74, 6) is -1.78. The Kier molecular flexibility index (Phi) is 4.19. The molecule has 0 bridgehead atoms. The van der Waals surface area contributed by atoms with Crippen molar-refractivity contribution in [2.75, 3.05) is 0 Å². The zero-order valence-corrected chi connectivity index (χ0v) is 9.87. The van der Waals surface area contributed by atoms with Gasteiger partial charge in [-0.15, -0.1) is 0 Å². The lowest BCUT2D eigenvalue weighted by Gasteiger charge is -2.12. The van der Waals surface area contributed by atoms with Crippen LogP contribution in [-0.2, 0) is 14.8 Å². The van der Waals surface area contributed by atoms with E-state index in [0.717, 1.165) is 12.1 Å². The summed E-state index contributed by atoms with van der Waals surface area (Å²) in [5.41, 5.74) is 0. The molecule has 0 fully saturated rings. The first kappa shape index (κ1) is 13.6. The van der Waals surface area contributed by atoms with Crippen LogP contribution >= 0.6 is 0 Å². The van der Waals surface area contributed by atoms with Crippen molar-refractivity contribution in [3.05, 3.63) is 30.1 Å². The highest BCUT2D eigenvalue weighted by Gasteiger charge is 2.19. The number of carbonyl (C=O) groups is 1. The Bertz CT molecular complexity index is 515. The van der Waals surface area contributed by atoms with Gasteiger partial charge in [0.05, 0.1) is 11.3 Å². The summed E-state index contributed by atoms with van der Waals surface area (Å²) in [5, 5.41) is 8.50. The molecule has 0 aliphatic heterocycles. The third-order valence-electron chi connectivity index (χ3n) is 1.94. The predicted octanol–water partition coefficient (Wildman–Crippen LogP) is 0.967. The number of aliphatic carboxylic acids is 1. The topological polar surface area (TPSA) is 83.5 Å². The van der Waals surface area contributed by atoms with Gasteiger partial charge in [-0.2, -0.15) is 0 Å². The van der Waals surface area contributed by atoms with Crippen LogP contribution in [0, 0.1) is 5.82 Å². The molecule has 2 N–H and O–H groups in total. The van der Waals surface area contributed by atoms with Gasteiger partial charge in [0.25, 0.3) is 0 Å². The van der Waals surface area contributed by atoms with Crippen molar-refractivity contribution in [3.63, 3.8) is 0 Å². The van der Waals surface area contributed by atoms with Crippen molar-refractivity contribution in [2.24, 2.45) is 0 Å². The summed E-state index contributed by atoms with van der Waals surface area (Å²) in [6.45, 7) is 1.42. The fourth-order valence-corrected chi connectivity index (χ4v) is 2.55. The molecule has 0 amide bonds. The summed E-state index contributed by atoms with van der Waals surface area (Å²) < 4.78 is 38.4. The Morgan fingerprint density at radius 1 is 1.53 bits per heavy atom. The molecule has 94 valence electrons. The van der Waals surface area contributed by atoms with E-state index < -0.39 is 27.9 Å². The largest absolute Gasteiger partial charge is 0.481 e. The van der Waals surface area contributed by atoms with E-state index in [9.17, 15) is 17.6 Å². The lowest BCUT2D eigenvalue weighted by Crippen LogP contribution is -2.34. The second-order valence-corrected chi connectivity index (χ2v) is 5.29. The van der Waals surface area contributed by atoms with Gasteiger partial charge < -0.3 is 5.11 Å². The summed E-state index contributed by atoms with van der Waals surface area (Å²) in [4.78, 5) is 10.2. The van der Waals surface area contributed by atoms with Crippen LogP contribution in [0.1, 0.15) is 13.3 Å². The minimum atomic E-state index is -3.88. The first-order chi connectivity index (χ1) is 7.81. The standard InChI is InChI=1S/C10H12FNO4S/c1-7(5-10(13)14)12-17(15,16)9-4-2-3-8(11)6-9/h2-4,6-7,12H,5H2,1H3,(H,13,14). The van der Waals surface area contributed by atoms with Gasteiger partial charge in [0.1, 0.15) is 5.82 Å². The van der Waals surface area contributed by atoms with Crippen molar-refractivity contribution in [3.8, 4) is 0 Å². The molecule has 0 aliphatic carbocycles. The highest BCUT2D eigenvalue weighted by atomic mass is 32.2. The molecule has 1 atom stereocenters. The molecule has 0 spiro atoms. The second-order valence-electron chi connectivity index (χ2n) is 3.58. The van der Waals surface area contributed by atoms with Crippen LogP contribution in [0.2, 0.25) is 0 Å². The number of carboxylic acid groups (broad SMARTS) is 1. The van der Waals surface area contributed by atoms with E-state index in [1.807, 2.05) is 0 Å². The van der Waals surface area contributed by atoms with Crippen LogP contribution in [0.4, 0.5) is 4.39 Å². The molecule has 17 heavy (non-hydrogen) atoms. The molecule has 1 aromatic rings. The summed E-state index contributed by atoms with van der Waals surface area (Å²) >= 11 is 0. The Labute approximate surface area is 98.3 Å². The predicted molar refractivity (Wildman–Crippen MR) is 58.4 cm³/mol. The number of hydrogen-bond donors (Lipinski definition) is 2. The zero-order valence-electron chi connectivity index (χ0n) is 9.05. The monoisotopic (exact) mass is 261 g/mol. The molecule has 0 saturated carbocycles. The van der Waals surface area contributed by atoms with Crippen molar-refractivity contribution < 1.29 is 22.7 Å². The number of halogens is 1. The number of sulfonamides is 1. The number of benzene rings is 1. The van der Waals surface area contributed by atoms with E-state index in [-0.39, 0.29) is 11.3 Å². The fraction of sp³-hybridized carbons (Fsp3) is 0.300. The lowest BCUT2D eigenvalue weighted by atomic mass is 10.3. The van der Waals surface area contributed by atoms with E-state index in [4.69, 9.17) is 5.11 Å². The van der Waals surface area contributed by atoms with E-state index in [1.165, 1.54) is 19.1 Å². The molecular weight excluding hydrogens is 249 g/mol. The Morgan fingerprint density at radius 2 is 2.18 bits per heavy atom. The average Bonchev–Trinajstić information content (AvgIpc) is 2.15. The molecular formula is C10H12FNO4S. The minimum Gasteiger partial charge on any atom is -0.481 e. The van der Waals surface area contributed by atoms with Gasteiger partial charge in [0.2, 0.25) is 10.0 Å². The van der Waals surface area contributed by atoms with E-state index in [0.29, 0.717) is 0 Å². The van der Waals surface area contributed by atoms with Crippen molar-refractivity contribution in [1.82, 2.24) is 4.72 Å². The van der Waals surface area contributed by atoms with Crippen LogP contribution in [0.5, 0.6) is 0 Å². The number of nitrogens with one attached hydrogen (secondary N) is 1. The van der Waals surface area contributed by atoms with Gasteiger partial charge in [-0.05, 0) is 25.1 Å². The highest BCUT2D eigenvalue weighted by Crippen LogP contribution is 2.11. The SMILES string of the molecule is CC(CC(=O)O)NS(=O)(=O)c1cccc(F)c1. The summed E-state index contributed by atoms with van der Waals surface area (Å²) in [6, 6.07) is 3.74. The zero-order chi connectivity index (χ0) is 13.1. The highest BCUT2D eigenvalue weighted by molar-refractivity contribution is 7.89. The Hall–Kier alpha value is -1.47. The van der Waals surface area contributed by atoms with Crippen LogP contribution in [0.3, 0.4) is 0 Å². The molecule has 5 nitrogen and oxygen atoms in total. The molecule has 1 unspecified atom stereocenters. The van der Waals surface area contributed by atoms with Crippen molar-refractivity contribution in [1.29, 1.82) is 0 Å². The average molecular weight is 261 g/mol. The minimum absolute atomic E-state index is 0.227. The van der Waals surface area contributed by atoms with Crippen molar-refractivity contribution in [2.45, 2.75) is 24.3 Å². The van der Waals surface area contributed by atoms with E-state index in [1.54, 1.807) is 0 Å². The van der Waals surface area contributed by atoms with Gasteiger partial charge in [-0.3, -0.25) is 4.79 Å². The maximum absolute atomic E-state index is 12.9. The van der Waals surface area contributed by atoms with E-state index in [2.05, 4.69) is 4.72 Å². The smallest absolute Gasteiger partial charge is 0.304 e. The van der Waals surface area contributed by atoms with Crippen LogP contribution in [0.25, 0.3) is 0 Å². The number of hydrogen-bond acceptors (Lipinski definition) is 3.